The van der Waals surface area contributed by atoms with Gasteiger partial charge in [0.1, 0.15) is 0 Å². The number of hydrogen-bond donors (Lipinski definition) is 2. The quantitative estimate of drug-likeness (QED) is 0.879. The summed E-state index contributed by atoms with van der Waals surface area (Å²) < 4.78 is 39.3. The van der Waals surface area contributed by atoms with Crippen LogP contribution in [0.3, 0.4) is 0 Å². The van der Waals surface area contributed by atoms with E-state index in [9.17, 15) is 23.1 Å². The van der Waals surface area contributed by atoms with Crippen molar-refractivity contribution in [2.75, 3.05) is 11.5 Å². The summed E-state index contributed by atoms with van der Waals surface area (Å²) in [5.41, 5.74) is -1.97. The highest BCUT2D eigenvalue weighted by Crippen LogP contribution is 2.36. The van der Waals surface area contributed by atoms with Crippen molar-refractivity contribution in [2.24, 2.45) is 0 Å². The molecule has 0 bridgehead atoms. The summed E-state index contributed by atoms with van der Waals surface area (Å²) in [7, 11) is 0. The van der Waals surface area contributed by atoms with Crippen LogP contribution in [0.4, 0.5) is 13.2 Å². The molecule has 1 heterocycles. The molecule has 1 aromatic rings. The average molecular weight is 347 g/mol. The minimum Gasteiger partial charge on any atom is -0.379 e. The fraction of sp³-hybridized carbons (Fsp3) is 0.562. The summed E-state index contributed by atoms with van der Waals surface area (Å²) in [6, 6.07) is 4.84. The Balaban J connectivity index is 2.14. The summed E-state index contributed by atoms with van der Waals surface area (Å²) in [6.07, 6.45) is -4.07. The van der Waals surface area contributed by atoms with Crippen LogP contribution in [0.25, 0.3) is 0 Å². The molecule has 7 heteroatoms. The van der Waals surface area contributed by atoms with Gasteiger partial charge in [-0.3, -0.25) is 4.79 Å². The lowest BCUT2D eigenvalue weighted by molar-refractivity contribution is -0.138. The van der Waals surface area contributed by atoms with Crippen molar-refractivity contribution in [3.63, 3.8) is 0 Å². The predicted molar refractivity (Wildman–Crippen MR) is 84.4 cm³/mol. The van der Waals surface area contributed by atoms with Gasteiger partial charge < -0.3 is 10.4 Å². The fourth-order valence-corrected chi connectivity index (χ4v) is 3.86. The van der Waals surface area contributed by atoms with Crippen LogP contribution in [0.1, 0.15) is 37.3 Å². The molecule has 3 unspecified atom stereocenters. The standard InChI is InChI=1S/C16H20F3NO2S/c1-10(12-5-3-4-6-13(12)16(17,18)19)11(2)20-14(21)15(22)7-8-23-9-15/h3-6,10-11,22H,7-9H2,1-2H3,(H,20,21). The molecule has 23 heavy (non-hydrogen) atoms. The minimum absolute atomic E-state index is 0.139. The molecule has 1 aromatic carbocycles. The third kappa shape index (κ3) is 4.01. The number of alkyl halides is 3. The van der Waals surface area contributed by atoms with Crippen LogP contribution in [-0.2, 0) is 11.0 Å². The zero-order valence-corrected chi connectivity index (χ0v) is 13.8. The van der Waals surface area contributed by atoms with Gasteiger partial charge >= 0.3 is 6.18 Å². The van der Waals surface area contributed by atoms with Gasteiger partial charge in [0.15, 0.2) is 5.60 Å². The number of hydrogen-bond acceptors (Lipinski definition) is 3. The van der Waals surface area contributed by atoms with Gasteiger partial charge in [-0.05, 0) is 30.7 Å². The van der Waals surface area contributed by atoms with Gasteiger partial charge in [0.2, 0.25) is 0 Å². The fourth-order valence-electron chi connectivity index (χ4n) is 2.62. The molecule has 3 atom stereocenters. The van der Waals surface area contributed by atoms with E-state index in [-0.39, 0.29) is 5.56 Å². The van der Waals surface area contributed by atoms with Gasteiger partial charge in [0.05, 0.1) is 5.56 Å². The van der Waals surface area contributed by atoms with Crippen molar-refractivity contribution in [2.45, 2.75) is 44.0 Å². The van der Waals surface area contributed by atoms with Crippen LogP contribution in [0, 0.1) is 0 Å². The van der Waals surface area contributed by atoms with Crippen molar-refractivity contribution >= 4 is 17.7 Å². The Kier molecular flexibility index (Phi) is 5.30. The molecule has 1 amide bonds. The molecular weight excluding hydrogens is 327 g/mol. The lowest BCUT2D eigenvalue weighted by Crippen LogP contribution is -2.50. The second-order valence-electron chi connectivity index (χ2n) is 5.97. The largest absolute Gasteiger partial charge is 0.416 e. The van der Waals surface area contributed by atoms with Crippen LogP contribution in [0.5, 0.6) is 0 Å². The summed E-state index contributed by atoms with van der Waals surface area (Å²) in [5, 5.41) is 12.9. The van der Waals surface area contributed by atoms with E-state index in [0.717, 1.165) is 6.07 Å². The lowest BCUT2D eigenvalue weighted by Gasteiger charge is -2.28. The van der Waals surface area contributed by atoms with Gasteiger partial charge in [0.25, 0.3) is 5.91 Å². The molecule has 1 aliphatic rings. The summed E-state index contributed by atoms with van der Waals surface area (Å²) >= 11 is 1.49. The van der Waals surface area contributed by atoms with E-state index in [0.29, 0.717) is 17.9 Å². The Morgan fingerprint density at radius 2 is 2.00 bits per heavy atom. The van der Waals surface area contributed by atoms with Gasteiger partial charge in [0, 0.05) is 17.7 Å². The van der Waals surface area contributed by atoms with Crippen molar-refractivity contribution in [3.8, 4) is 0 Å². The Bertz CT molecular complexity index is 571. The molecule has 2 N–H and O–H groups in total. The maximum atomic E-state index is 13.1. The number of benzene rings is 1. The second kappa shape index (κ2) is 6.73. The van der Waals surface area contributed by atoms with Crippen LogP contribution < -0.4 is 5.32 Å². The topological polar surface area (TPSA) is 49.3 Å². The third-order valence-corrected chi connectivity index (χ3v) is 5.46. The highest BCUT2D eigenvalue weighted by molar-refractivity contribution is 7.99. The smallest absolute Gasteiger partial charge is 0.379 e. The second-order valence-corrected chi connectivity index (χ2v) is 7.08. The molecule has 0 radical (unpaired) electrons. The molecule has 2 rings (SSSR count). The van der Waals surface area contributed by atoms with Crippen molar-refractivity contribution in [1.82, 2.24) is 5.32 Å². The molecule has 128 valence electrons. The number of rotatable bonds is 4. The molecular formula is C16H20F3NO2S. The molecule has 1 saturated heterocycles. The van der Waals surface area contributed by atoms with Gasteiger partial charge in [-0.2, -0.15) is 24.9 Å². The number of carbonyl (C=O) groups excluding carboxylic acids is 1. The first-order valence-electron chi connectivity index (χ1n) is 7.42. The van der Waals surface area contributed by atoms with E-state index >= 15 is 0 Å². The molecule has 0 aliphatic carbocycles. The Morgan fingerprint density at radius 1 is 1.35 bits per heavy atom. The zero-order valence-electron chi connectivity index (χ0n) is 13.0. The number of thioether (sulfide) groups is 1. The van der Waals surface area contributed by atoms with Gasteiger partial charge in [-0.15, -0.1) is 0 Å². The summed E-state index contributed by atoms with van der Waals surface area (Å²) in [5.74, 6) is -0.0233. The van der Waals surface area contributed by atoms with Crippen LogP contribution in [0.15, 0.2) is 24.3 Å². The van der Waals surface area contributed by atoms with Gasteiger partial charge in [-0.25, -0.2) is 0 Å². The monoisotopic (exact) mass is 347 g/mol. The summed E-state index contributed by atoms with van der Waals surface area (Å²) in [4.78, 5) is 12.2. The van der Waals surface area contributed by atoms with E-state index in [2.05, 4.69) is 5.32 Å². The predicted octanol–water partition coefficient (Wildman–Crippen LogP) is 3.18. The highest BCUT2D eigenvalue weighted by Gasteiger charge is 2.41. The zero-order chi connectivity index (χ0) is 17.3. The molecule has 1 aliphatic heterocycles. The Labute approximate surface area is 137 Å². The van der Waals surface area contributed by atoms with Crippen molar-refractivity contribution < 1.29 is 23.1 Å². The SMILES string of the molecule is CC(NC(=O)C1(O)CCSC1)C(C)c1ccccc1C(F)(F)F. The van der Waals surface area contributed by atoms with Crippen molar-refractivity contribution in [3.05, 3.63) is 35.4 Å². The van der Waals surface area contributed by atoms with Crippen molar-refractivity contribution in [1.29, 1.82) is 0 Å². The van der Waals surface area contributed by atoms with E-state index in [1.54, 1.807) is 19.9 Å². The first kappa shape index (κ1) is 18.1. The van der Waals surface area contributed by atoms with Crippen LogP contribution in [0.2, 0.25) is 0 Å². The number of halogens is 3. The third-order valence-electron chi connectivity index (χ3n) is 4.29. The van der Waals surface area contributed by atoms with Crippen LogP contribution >= 0.6 is 11.8 Å². The Morgan fingerprint density at radius 3 is 2.57 bits per heavy atom. The first-order valence-corrected chi connectivity index (χ1v) is 8.58. The molecule has 0 saturated carbocycles. The minimum atomic E-state index is -4.44. The number of nitrogens with one attached hydrogen (secondary N) is 1. The Hall–Kier alpha value is -1.21. The maximum Gasteiger partial charge on any atom is 0.416 e. The van der Waals surface area contributed by atoms with E-state index in [1.165, 1.54) is 23.9 Å². The molecule has 0 aromatic heterocycles. The molecule has 0 spiro atoms. The lowest BCUT2D eigenvalue weighted by atomic mass is 9.89. The number of carbonyl (C=O) groups is 1. The van der Waals surface area contributed by atoms with E-state index in [4.69, 9.17) is 0 Å². The van der Waals surface area contributed by atoms with Gasteiger partial charge in [-0.1, -0.05) is 25.1 Å². The summed E-state index contributed by atoms with van der Waals surface area (Å²) in [6.45, 7) is 3.30. The van der Waals surface area contributed by atoms with E-state index in [1.807, 2.05) is 0 Å². The number of aliphatic hydroxyl groups is 1. The average Bonchev–Trinajstić information content (AvgIpc) is 2.93. The first-order chi connectivity index (χ1) is 10.6. The highest BCUT2D eigenvalue weighted by atomic mass is 32.2. The normalized spacial score (nSPS) is 24.3. The number of amides is 1. The molecule has 1 fully saturated rings. The maximum absolute atomic E-state index is 13.1. The van der Waals surface area contributed by atoms with E-state index < -0.39 is 35.2 Å². The molecule has 3 nitrogen and oxygen atoms in total. The van der Waals surface area contributed by atoms with Crippen LogP contribution in [-0.4, -0.2) is 34.2 Å².